The van der Waals surface area contributed by atoms with E-state index in [0.717, 1.165) is 11.1 Å². The lowest BCUT2D eigenvalue weighted by Crippen LogP contribution is -2.29. The minimum atomic E-state index is -0.280. The molecule has 110 valence electrons. The topological polar surface area (TPSA) is 46.3 Å². The SMILES string of the molecule is CC(c1ccc(F)cc1)N(C)C(=O)c1ccc(CN)cc1. The number of carbonyl (C=O) groups excluding carboxylic acids is 1. The van der Waals surface area contributed by atoms with Gasteiger partial charge in [0.25, 0.3) is 5.91 Å². The number of nitrogens with two attached hydrogens (primary N) is 1. The smallest absolute Gasteiger partial charge is 0.254 e. The number of benzene rings is 2. The van der Waals surface area contributed by atoms with E-state index in [1.165, 1.54) is 12.1 Å². The minimum absolute atomic E-state index is 0.0737. The Morgan fingerprint density at radius 2 is 1.71 bits per heavy atom. The number of hydrogen-bond donors (Lipinski definition) is 1. The summed E-state index contributed by atoms with van der Waals surface area (Å²) in [4.78, 5) is 14.1. The van der Waals surface area contributed by atoms with Gasteiger partial charge in [-0.25, -0.2) is 4.39 Å². The maximum atomic E-state index is 13.0. The van der Waals surface area contributed by atoms with Crippen molar-refractivity contribution < 1.29 is 9.18 Å². The summed E-state index contributed by atoms with van der Waals surface area (Å²) in [5, 5.41) is 0. The monoisotopic (exact) mass is 286 g/mol. The normalized spacial score (nSPS) is 12.0. The zero-order valence-corrected chi connectivity index (χ0v) is 12.2. The number of carbonyl (C=O) groups is 1. The molecule has 0 heterocycles. The molecule has 0 aliphatic heterocycles. The predicted octanol–water partition coefficient (Wildman–Crippen LogP) is 3.12. The molecule has 21 heavy (non-hydrogen) atoms. The van der Waals surface area contributed by atoms with Gasteiger partial charge >= 0.3 is 0 Å². The molecule has 0 fully saturated rings. The molecule has 0 saturated heterocycles. The van der Waals surface area contributed by atoms with Gasteiger partial charge in [-0.2, -0.15) is 0 Å². The van der Waals surface area contributed by atoms with Crippen LogP contribution >= 0.6 is 0 Å². The molecule has 0 saturated carbocycles. The van der Waals surface area contributed by atoms with E-state index < -0.39 is 0 Å². The first-order valence-electron chi connectivity index (χ1n) is 6.84. The number of rotatable bonds is 4. The van der Waals surface area contributed by atoms with Crippen LogP contribution in [-0.4, -0.2) is 17.9 Å². The van der Waals surface area contributed by atoms with Crippen LogP contribution in [-0.2, 0) is 6.54 Å². The average Bonchev–Trinajstić information content (AvgIpc) is 2.53. The lowest BCUT2D eigenvalue weighted by atomic mass is 10.1. The third kappa shape index (κ3) is 3.47. The Labute approximate surface area is 124 Å². The van der Waals surface area contributed by atoms with Crippen LogP contribution in [0.5, 0.6) is 0 Å². The van der Waals surface area contributed by atoms with E-state index in [0.29, 0.717) is 12.1 Å². The Morgan fingerprint density at radius 3 is 2.24 bits per heavy atom. The second-order valence-corrected chi connectivity index (χ2v) is 5.04. The fraction of sp³-hybridized carbons (Fsp3) is 0.235. The summed E-state index contributed by atoms with van der Waals surface area (Å²) in [5.41, 5.74) is 8.04. The van der Waals surface area contributed by atoms with E-state index in [1.54, 1.807) is 36.2 Å². The zero-order valence-electron chi connectivity index (χ0n) is 12.2. The van der Waals surface area contributed by atoms with Gasteiger partial charge in [0.1, 0.15) is 5.82 Å². The van der Waals surface area contributed by atoms with Crippen LogP contribution in [0.2, 0.25) is 0 Å². The van der Waals surface area contributed by atoms with Crippen LogP contribution in [0.25, 0.3) is 0 Å². The molecular formula is C17H19FN2O. The molecule has 0 aliphatic rings. The Balaban J connectivity index is 2.15. The van der Waals surface area contributed by atoms with Crippen LogP contribution in [0.4, 0.5) is 4.39 Å². The molecule has 0 radical (unpaired) electrons. The second kappa shape index (κ2) is 6.50. The highest BCUT2D eigenvalue weighted by Gasteiger charge is 2.18. The largest absolute Gasteiger partial charge is 0.335 e. The van der Waals surface area contributed by atoms with Crippen molar-refractivity contribution in [2.75, 3.05) is 7.05 Å². The number of halogens is 1. The highest BCUT2D eigenvalue weighted by Crippen LogP contribution is 2.21. The Bertz CT molecular complexity index is 608. The summed E-state index contributed by atoms with van der Waals surface area (Å²) < 4.78 is 13.0. The molecular weight excluding hydrogens is 267 g/mol. The van der Waals surface area contributed by atoms with Crippen molar-refractivity contribution in [2.24, 2.45) is 5.73 Å². The molecule has 1 unspecified atom stereocenters. The molecule has 2 aromatic carbocycles. The molecule has 3 nitrogen and oxygen atoms in total. The number of nitrogens with zero attached hydrogens (tertiary/aromatic N) is 1. The first-order valence-corrected chi connectivity index (χ1v) is 6.84. The predicted molar refractivity (Wildman–Crippen MR) is 81.2 cm³/mol. The fourth-order valence-electron chi connectivity index (χ4n) is 2.13. The lowest BCUT2D eigenvalue weighted by Gasteiger charge is -2.25. The van der Waals surface area contributed by atoms with Gasteiger partial charge in [-0.1, -0.05) is 24.3 Å². The Hall–Kier alpha value is -2.20. The molecule has 0 aromatic heterocycles. The van der Waals surface area contributed by atoms with Crippen molar-refractivity contribution in [1.82, 2.24) is 4.90 Å². The minimum Gasteiger partial charge on any atom is -0.335 e. The molecule has 2 aromatic rings. The molecule has 1 atom stereocenters. The molecule has 0 spiro atoms. The summed E-state index contributed by atoms with van der Waals surface area (Å²) in [6.07, 6.45) is 0. The fourth-order valence-corrected chi connectivity index (χ4v) is 2.13. The van der Waals surface area contributed by atoms with Gasteiger partial charge in [0.15, 0.2) is 0 Å². The van der Waals surface area contributed by atoms with Gasteiger partial charge in [0.2, 0.25) is 0 Å². The van der Waals surface area contributed by atoms with Crippen molar-refractivity contribution >= 4 is 5.91 Å². The van der Waals surface area contributed by atoms with Crippen molar-refractivity contribution in [1.29, 1.82) is 0 Å². The third-order valence-corrected chi connectivity index (χ3v) is 3.69. The maximum absolute atomic E-state index is 13.0. The van der Waals surface area contributed by atoms with Gasteiger partial charge in [0.05, 0.1) is 6.04 Å². The van der Waals surface area contributed by atoms with Crippen LogP contribution in [0.15, 0.2) is 48.5 Å². The average molecular weight is 286 g/mol. The van der Waals surface area contributed by atoms with Crippen LogP contribution in [0.3, 0.4) is 0 Å². The maximum Gasteiger partial charge on any atom is 0.254 e. The van der Waals surface area contributed by atoms with Gasteiger partial charge in [-0.15, -0.1) is 0 Å². The van der Waals surface area contributed by atoms with Crippen molar-refractivity contribution in [3.05, 3.63) is 71.0 Å². The van der Waals surface area contributed by atoms with Crippen LogP contribution < -0.4 is 5.73 Å². The number of hydrogen-bond acceptors (Lipinski definition) is 2. The van der Waals surface area contributed by atoms with E-state index in [4.69, 9.17) is 5.73 Å². The van der Waals surface area contributed by atoms with Gasteiger partial charge < -0.3 is 10.6 Å². The van der Waals surface area contributed by atoms with E-state index >= 15 is 0 Å². The Kier molecular flexibility index (Phi) is 4.70. The summed E-state index contributed by atoms with van der Waals surface area (Å²) in [7, 11) is 1.74. The summed E-state index contributed by atoms with van der Waals surface area (Å²) in [5.74, 6) is -0.354. The molecule has 2 N–H and O–H groups in total. The number of amides is 1. The van der Waals surface area contributed by atoms with Crippen LogP contribution in [0.1, 0.15) is 34.5 Å². The molecule has 4 heteroatoms. The van der Waals surface area contributed by atoms with Crippen molar-refractivity contribution in [3.8, 4) is 0 Å². The third-order valence-electron chi connectivity index (χ3n) is 3.69. The summed E-state index contributed by atoms with van der Waals surface area (Å²) in [6.45, 7) is 2.37. The second-order valence-electron chi connectivity index (χ2n) is 5.04. The zero-order chi connectivity index (χ0) is 15.4. The van der Waals surface area contributed by atoms with Gasteiger partial charge in [-0.05, 0) is 42.3 Å². The Morgan fingerprint density at radius 1 is 1.14 bits per heavy atom. The van der Waals surface area contributed by atoms with E-state index in [-0.39, 0.29) is 17.8 Å². The quantitative estimate of drug-likeness (QED) is 0.938. The molecule has 0 aliphatic carbocycles. The molecule has 2 rings (SSSR count). The highest BCUT2D eigenvalue weighted by atomic mass is 19.1. The summed E-state index contributed by atoms with van der Waals surface area (Å²) >= 11 is 0. The standard InChI is InChI=1S/C17H19FN2O/c1-12(14-7-9-16(18)10-8-14)20(2)17(21)15-5-3-13(11-19)4-6-15/h3-10,12H,11,19H2,1-2H3. The first kappa shape index (κ1) is 15.2. The highest BCUT2D eigenvalue weighted by molar-refractivity contribution is 5.94. The van der Waals surface area contributed by atoms with Gasteiger partial charge in [0, 0.05) is 19.2 Å². The summed E-state index contributed by atoms with van der Waals surface area (Å²) in [6, 6.07) is 13.3. The lowest BCUT2D eigenvalue weighted by molar-refractivity contribution is 0.0742. The van der Waals surface area contributed by atoms with Crippen molar-refractivity contribution in [3.63, 3.8) is 0 Å². The van der Waals surface area contributed by atoms with E-state index in [2.05, 4.69) is 0 Å². The van der Waals surface area contributed by atoms with Crippen molar-refractivity contribution in [2.45, 2.75) is 19.5 Å². The molecule has 1 amide bonds. The van der Waals surface area contributed by atoms with Crippen LogP contribution in [0, 0.1) is 5.82 Å². The van der Waals surface area contributed by atoms with E-state index in [1.807, 2.05) is 19.1 Å². The van der Waals surface area contributed by atoms with Gasteiger partial charge in [-0.3, -0.25) is 4.79 Å². The van der Waals surface area contributed by atoms with E-state index in [9.17, 15) is 9.18 Å². The first-order chi connectivity index (χ1) is 10.0. The molecule has 0 bridgehead atoms.